The van der Waals surface area contributed by atoms with Gasteiger partial charge >= 0.3 is 5.97 Å². The number of carboxylic acid groups (broad SMARTS) is 1. The second-order valence-electron chi connectivity index (χ2n) is 8.70. The van der Waals surface area contributed by atoms with Crippen LogP contribution in [0, 0.1) is 16.7 Å². The van der Waals surface area contributed by atoms with Gasteiger partial charge in [0.1, 0.15) is 0 Å². The molecule has 1 aliphatic heterocycles. The van der Waals surface area contributed by atoms with Crippen LogP contribution in [0.3, 0.4) is 0 Å². The molecule has 0 aromatic carbocycles. The molecule has 0 aromatic rings. The summed E-state index contributed by atoms with van der Waals surface area (Å²) < 4.78 is 5.54. The number of carbonyl (C=O) groups is 1. The number of ether oxygens (including phenoxy) is 1. The van der Waals surface area contributed by atoms with Crippen LogP contribution in [-0.4, -0.2) is 61.9 Å². The standard InChI is InChI=1S/C19H34N2O3/c1-15-11-16(15)20-12-18(14-24-2)7-9-21(10-8-18)13-19(17(22)23)5-3-4-6-19/h15-16,20H,3-14H2,1-2H3,(H,22,23)/t15-,16-/m1/s1. The van der Waals surface area contributed by atoms with E-state index in [0.29, 0.717) is 6.04 Å². The highest BCUT2D eigenvalue weighted by Gasteiger charge is 2.44. The summed E-state index contributed by atoms with van der Waals surface area (Å²) in [6.07, 6.45) is 7.34. The Bertz CT molecular complexity index is 440. The maximum atomic E-state index is 11.8. The topological polar surface area (TPSA) is 61.8 Å². The predicted molar refractivity (Wildman–Crippen MR) is 94.1 cm³/mol. The molecular formula is C19H34N2O3. The molecule has 1 saturated heterocycles. The second kappa shape index (κ2) is 7.30. The highest BCUT2D eigenvalue weighted by molar-refractivity contribution is 5.75. The average molecular weight is 338 g/mol. The first-order chi connectivity index (χ1) is 11.5. The van der Waals surface area contributed by atoms with Gasteiger partial charge in [0, 0.05) is 31.7 Å². The van der Waals surface area contributed by atoms with Gasteiger partial charge in [0.25, 0.3) is 0 Å². The number of piperidine rings is 1. The molecule has 3 rings (SSSR count). The van der Waals surface area contributed by atoms with Gasteiger partial charge in [-0.1, -0.05) is 19.8 Å². The van der Waals surface area contributed by atoms with E-state index in [1.165, 1.54) is 6.42 Å². The Kier molecular flexibility index (Phi) is 5.52. The minimum Gasteiger partial charge on any atom is -0.481 e. The van der Waals surface area contributed by atoms with Gasteiger partial charge in [-0.2, -0.15) is 0 Å². The van der Waals surface area contributed by atoms with Crippen molar-refractivity contribution in [1.82, 2.24) is 10.2 Å². The van der Waals surface area contributed by atoms with Crippen molar-refractivity contribution in [2.45, 2.75) is 57.9 Å². The van der Waals surface area contributed by atoms with Crippen LogP contribution in [0.25, 0.3) is 0 Å². The number of hydrogen-bond donors (Lipinski definition) is 2. The number of hydrogen-bond acceptors (Lipinski definition) is 4. The van der Waals surface area contributed by atoms with Crippen LogP contribution >= 0.6 is 0 Å². The third-order valence-corrected chi connectivity index (χ3v) is 6.76. The number of carboxylic acids is 1. The van der Waals surface area contributed by atoms with Gasteiger partial charge in [-0.15, -0.1) is 0 Å². The lowest BCUT2D eigenvalue weighted by molar-refractivity contribution is -0.150. The van der Waals surface area contributed by atoms with E-state index in [0.717, 1.165) is 77.2 Å². The summed E-state index contributed by atoms with van der Waals surface area (Å²) in [6.45, 7) is 6.88. The molecule has 3 aliphatic rings. The largest absolute Gasteiger partial charge is 0.481 e. The zero-order valence-electron chi connectivity index (χ0n) is 15.4. The average Bonchev–Trinajstić information content (AvgIpc) is 3.06. The van der Waals surface area contributed by atoms with Crippen molar-refractivity contribution in [2.24, 2.45) is 16.7 Å². The first-order valence-electron chi connectivity index (χ1n) is 9.67. The molecule has 5 heteroatoms. The lowest BCUT2D eigenvalue weighted by Crippen LogP contribution is -2.51. The number of nitrogens with one attached hydrogen (secondary N) is 1. The van der Waals surface area contributed by atoms with Crippen molar-refractivity contribution < 1.29 is 14.6 Å². The molecule has 0 aromatic heterocycles. The van der Waals surface area contributed by atoms with Crippen LogP contribution in [0.1, 0.15) is 51.9 Å². The van der Waals surface area contributed by atoms with Gasteiger partial charge in [-0.3, -0.25) is 4.79 Å². The van der Waals surface area contributed by atoms with E-state index in [4.69, 9.17) is 4.74 Å². The van der Waals surface area contributed by atoms with Crippen molar-refractivity contribution in [3.05, 3.63) is 0 Å². The number of rotatable bonds is 8. The predicted octanol–water partition coefficient (Wildman–Crippen LogP) is 2.36. The maximum absolute atomic E-state index is 11.8. The molecule has 2 N–H and O–H groups in total. The molecule has 0 unspecified atom stereocenters. The Morgan fingerprint density at radius 3 is 2.38 bits per heavy atom. The van der Waals surface area contributed by atoms with Gasteiger partial charge in [-0.25, -0.2) is 0 Å². The second-order valence-corrected chi connectivity index (χ2v) is 8.70. The first-order valence-corrected chi connectivity index (χ1v) is 9.67. The quantitative estimate of drug-likeness (QED) is 0.711. The molecule has 0 bridgehead atoms. The molecule has 0 amide bonds. The van der Waals surface area contributed by atoms with Gasteiger partial charge < -0.3 is 20.1 Å². The minimum absolute atomic E-state index is 0.222. The number of methoxy groups -OCH3 is 1. The third kappa shape index (κ3) is 3.94. The van der Waals surface area contributed by atoms with Gasteiger partial charge in [0.2, 0.25) is 0 Å². The third-order valence-electron chi connectivity index (χ3n) is 6.76. The number of likely N-dealkylation sites (tertiary alicyclic amines) is 1. The molecule has 1 heterocycles. The summed E-state index contributed by atoms with van der Waals surface area (Å²) in [4.78, 5) is 14.2. The monoisotopic (exact) mass is 338 g/mol. The molecule has 2 aliphatic carbocycles. The maximum Gasteiger partial charge on any atom is 0.310 e. The van der Waals surface area contributed by atoms with Gasteiger partial charge in [0.15, 0.2) is 0 Å². The fraction of sp³-hybridized carbons (Fsp3) is 0.947. The SMILES string of the molecule is COCC1(CN[C@@H]2C[C@H]2C)CCN(CC2(C(=O)O)CCCC2)CC1. The Hall–Kier alpha value is -0.650. The molecule has 0 radical (unpaired) electrons. The van der Waals surface area contributed by atoms with E-state index in [1.807, 2.05) is 0 Å². The summed E-state index contributed by atoms with van der Waals surface area (Å²) in [6, 6.07) is 0.700. The van der Waals surface area contributed by atoms with E-state index >= 15 is 0 Å². The van der Waals surface area contributed by atoms with Crippen molar-refractivity contribution in [1.29, 1.82) is 0 Å². The first kappa shape index (κ1) is 18.2. The Morgan fingerprint density at radius 2 is 1.88 bits per heavy atom. The molecule has 0 spiro atoms. The summed E-state index contributed by atoms with van der Waals surface area (Å²) in [5.41, 5.74) is -0.261. The smallest absolute Gasteiger partial charge is 0.310 e. The molecule has 2 atom stereocenters. The lowest BCUT2D eigenvalue weighted by atomic mass is 9.77. The van der Waals surface area contributed by atoms with Crippen LogP contribution in [0.4, 0.5) is 0 Å². The molecule has 138 valence electrons. The van der Waals surface area contributed by atoms with Gasteiger partial charge in [0.05, 0.1) is 12.0 Å². The molecule has 24 heavy (non-hydrogen) atoms. The molecule has 3 fully saturated rings. The summed E-state index contributed by atoms with van der Waals surface area (Å²) >= 11 is 0. The van der Waals surface area contributed by atoms with Crippen LogP contribution in [0.5, 0.6) is 0 Å². The summed E-state index contributed by atoms with van der Waals surface area (Å²) in [5.74, 6) is 0.237. The van der Waals surface area contributed by atoms with Crippen LogP contribution in [0.15, 0.2) is 0 Å². The van der Waals surface area contributed by atoms with E-state index < -0.39 is 11.4 Å². The van der Waals surface area contributed by atoms with E-state index in [1.54, 1.807) is 7.11 Å². The number of aliphatic carboxylic acids is 1. The van der Waals surface area contributed by atoms with E-state index in [-0.39, 0.29) is 5.41 Å². The normalized spacial score (nSPS) is 31.9. The van der Waals surface area contributed by atoms with Gasteiger partial charge in [-0.05, 0) is 51.1 Å². The summed E-state index contributed by atoms with van der Waals surface area (Å²) in [5, 5.41) is 13.4. The fourth-order valence-corrected chi connectivity index (χ4v) is 4.74. The Labute approximate surface area is 146 Å². The van der Waals surface area contributed by atoms with Crippen LogP contribution < -0.4 is 5.32 Å². The highest BCUT2D eigenvalue weighted by Crippen LogP contribution is 2.41. The molecular weight excluding hydrogens is 304 g/mol. The Morgan fingerprint density at radius 1 is 1.25 bits per heavy atom. The van der Waals surface area contributed by atoms with E-state index in [2.05, 4.69) is 17.1 Å². The highest BCUT2D eigenvalue weighted by atomic mass is 16.5. The lowest BCUT2D eigenvalue weighted by Gasteiger charge is -2.43. The van der Waals surface area contributed by atoms with Crippen LogP contribution in [0.2, 0.25) is 0 Å². The Balaban J connectivity index is 1.53. The summed E-state index contributed by atoms with van der Waals surface area (Å²) in [7, 11) is 1.80. The fourth-order valence-electron chi connectivity index (χ4n) is 4.74. The van der Waals surface area contributed by atoms with Crippen LogP contribution in [-0.2, 0) is 9.53 Å². The van der Waals surface area contributed by atoms with E-state index in [9.17, 15) is 9.90 Å². The molecule has 5 nitrogen and oxygen atoms in total. The van der Waals surface area contributed by atoms with Crippen molar-refractivity contribution in [3.63, 3.8) is 0 Å². The minimum atomic E-state index is -0.585. The number of nitrogens with zero attached hydrogens (tertiary/aromatic N) is 1. The van der Waals surface area contributed by atoms with Crippen molar-refractivity contribution in [2.75, 3.05) is 39.9 Å². The van der Waals surface area contributed by atoms with Crippen molar-refractivity contribution in [3.8, 4) is 0 Å². The zero-order chi connectivity index (χ0) is 17.2. The zero-order valence-corrected chi connectivity index (χ0v) is 15.4. The molecule has 2 saturated carbocycles. The van der Waals surface area contributed by atoms with Crippen molar-refractivity contribution >= 4 is 5.97 Å².